The Morgan fingerprint density at radius 1 is 1.27 bits per heavy atom. The molecule has 22 heavy (non-hydrogen) atoms. The zero-order chi connectivity index (χ0) is 14.9. The molecule has 0 N–H and O–H groups in total. The Hall–Kier alpha value is -2.49. The fourth-order valence-corrected chi connectivity index (χ4v) is 2.87. The van der Waals surface area contributed by atoms with E-state index in [-0.39, 0.29) is 0 Å². The molecular weight excluding hydrogens is 274 g/mol. The quantitative estimate of drug-likeness (QED) is 0.673. The lowest BCUT2D eigenvalue weighted by atomic mass is 10.2. The summed E-state index contributed by atoms with van der Waals surface area (Å²) in [4.78, 5) is 20.0. The number of benzene rings is 1. The van der Waals surface area contributed by atoms with Crippen LogP contribution in [0, 0.1) is 5.92 Å². The van der Waals surface area contributed by atoms with Gasteiger partial charge in [-0.2, -0.15) is 0 Å². The minimum atomic E-state index is 0.692. The number of hydrogen-bond acceptors (Lipinski definition) is 3. The molecule has 0 aliphatic heterocycles. The van der Waals surface area contributed by atoms with Crippen LogP contribution in [0.1, 0.15) is 29.6 Å². The van der Waals surface area contributed by atoms with E-state index in [0.29, 0.717) is 5.56 Å². The lowest BCUT2D eigenvalue weighted by Crippen LogP contribution is -2.02. The third kappa shape index (κ3) is 2.41. The van der Waals surface area contributed by atoms with E-state index in [1.54, 1.807) is 6.20 Å². The zero-order valence-electron chi connectivity index (χ0n) is 12.3. The van der Waals surface area contributed by atoms with Gasteiger partial charge in [0.05, 0.1) is 11.0 Å². The number of aromatic nitrogens is 3. The third-order valence-electron chi connectivity index (χ3n) is 4.29. The fraction of sp³-hybridized carbons (Fsp3) is 0.278. The summed E-state index contributed by atoms with van der Waals surface area (Å²) in [6.45, 7) is 0.938. The number of aryl methyl sites for hydroxylation is 1. The molecule has 0 spiro atoms. The molecule has 1 aliphatic rings. The summed E-state index contributed by atoms with van der Waals surface area (Å²) in [5.74, 6) is 1.79. The molecule has 0 bridgehead atoms. The van der Waals surface area contributed by atoms with Crippen LogP contribution in [0.4, 0.5) is 0 Å². The van der Waals surface area contributed by atoms with E-state index >= 15 is 0 Å². The molecule has 0 atom stereocenters. The van der Waals surface area contributed by atoms with Crippen molar-refractivity contribution < 1.29 is 4.79 Å². The normalized spacial score (nSPS) is 14.4. The number of carbonyl (C=O) groups is 1. The number of fused-ring (bicyclic) bond motifs is 1. The van der Waals surface area contributed by atoms with Crippen molar-refractivity contribution in [1.82, 2.24) is 14.5 Å². The molecule has 2 heterocycles. The van der Waals surface area contributed by atoms with Gasteiger partial charge in [-0.05, 0) is 42.7 Å². The van der Waals surface area contributed by atoms with Crippen LogP contribution in [0.2, 0.25) is 0 Å². The van der Waals surface area contributed by atoms with Crippen molar-refractivity contribution in [2.45, 2.75) is 25.8 Å². The van der Waals surface area contributed by atoms with E-state index in [1.807, 2.05) is 36.5 Å². The molecule has 4 heteroatoms. The Bertz CT molecular complexity index is 819. The second kappa shape index (κ2) is 5.37. The monoisotopic (exact) mass is 291 g/mol. The molecule has 1 saturated carbocycles. The van der Waals surface area contributed by atoms with E-state index in [1.165, 1.54) is 19.3 Å². The predicted octanol–water partition coefficient (Wildman–Crippen LogP) is 3.71. The maximum Gasteiger partial charge on any atom is 0.150 e. The molecule has 0 saturated heterocycles. The van der Waals surface area contributed by atoms with Gasteiger partial charge in [0.2, 0.25) is 0 Å². The van der Waals surface area contributed by atoms with Gasteiger partial charge in [-0.3, -0.25) is 9.78 Å². The van der Waals surface area contributed by atoms with Crippen LogP contribution in [0.15, 0.2) is 42.7 Å². The smallest absolute Gasteiger partial charge is 0.150 e. The number of pyridine rings is 1. The van der Waals surface area contributed by atoms with Gasteiger partial charge >= 0.3 is 0 Å². The number of nitrogens with zero attached hydrogens (tertiary/aromatic N) is 3. The van der Waals surface area contributed by atoms with Crippen LogP contribution >= 0.6 is 0 Å². The first-order valence-corrected chi connectivity index (χ1v) is 7.71. The molecule has 2 aromatic heterocycles. The first-order chi connectivity index (χ1) is 10.8. The van der Waals surface area contributed by atoms with Gasteiger partial charge in [-0.15, -0.1) is 0 Å². The number of imidazole rings is 1. The van der Waals surface area contributed by atoms with Crippen molar-refractivity contribution in [3.05, 3.63) is 48.3 Å². The predicted molar refractivity (Wildman–Crippen MR) is 85.7 cm³/mol. The molecule has 110 valence electrons. The van der Waals surface area contributed by atoms with Crippen molar-refractivity contribution in [2.75, 3.05) is 0 Å². The summed E-state index contributed by atoms with van der Waals surface area (Å²) >= 11 is 0. The molecule has 1 aromatic carbocycles. The highest BCUT2D eigenvalue weighted by Gasteiger charge is 2.22. The van der Waals surface area contributed by atoms with Gasteiger partial charge in [0, 0.05) is 30.1 Å². The summed E-state index contributed by atoms with van der Waals surface area (Å²) in [6.07, 6.45) is 8.36. The van der Waals surface area contributed by atoms with Crippen molar-refractivity contribution in [3.8, 4) is 11.4 Å². The highest BCUT2D eigenvalue weighted by molar-refractivity contribution is 5.87. The first-order valence-electron chi connectivity index (χ1n) is 7.71. The summed E-state index contributed by atoms with van der Waals surface area (Å²) in [5.41, 5.74) is 3.67. The molecule has 4 nitrogen and oxygen atoms in total. The number of hydrogen-bond donors (Lipinski definition) is 0. The molecular formula is C18H17N3O. The Morgan fingerprint density at radius 2 is 2.18 bits per heavy atom. The molecule has 0 amide bonds. The summed E-state index contributed by atoms with van der Waals surface area (Å²) in [6, 6.07) is 9.63. The second-order valence-electron chi connectivity index (χ2n) is 5.93. The van der Waals surface area contributed by atoms with Crippen LogP contribution in [0.3, 0.4) is 0 Å². The van der Waals surface area contributed by atoms with Crippen LogP contribution in [-0.4, -0.2) is 20.8 Å². The van der Waals surface area contributed by atoms with Crippen LogP contribution in [0.5, 0.6) is 0 Å². The molecule has 0 unspecified atom stereocenters. The average molecular weight is 291 g/mol. The highest BCUT2D eigenvalue weighted by Crippen LogP contribution is 2.34. The molecule has 4 rings (SSSR count). The first kappa shape index (κ1) is 13.2. The fourth-order valence-electron chi connectivity index (χ4n) is 2.87. The van der Waals surface area contributed by atoms with Crippen molar-refractivity contribution in [1.29, 1.82) is 0 Å². The van der Waals surface area contributed by atoms with Gasteiger partial charge in [0.1, 0.15) is 12.1 Å². The lowest BCUT2D eigenvalue weighted by Gasteiger charge is -2.09. The Morgan fingerprint density at radius 3 is 2.91 bits per heavy atom. The minimum absolute atomic E-state index is 0.692. The van der Waals surface area contributed by atoms with E-state index in [2.05, 4.69) is 9.55 Å². The Labute approximate surface area is 128 Å². The highest BCUT2D eigenvalue weighted by atomic mass is 16.1. The largest absolute Gasteiger partial charge is 0.324 e. The van der Waals surface area contributed by atoms with Crippen molar-refractivity contribution in [3.63, 3.8) is 0 Å². The lowest BCUT2D eigenvalue weighted by molar-refractivity contribution is 0.112. The van der Waals surface area contributed by atoms with Crippen LogP contribution in [-0.2, 0) is 6.54 Å². The van der Waals surface area contributed by atoms with Gasteiger partial charge in [0.25, 0.3) is 0 Å². The van der Waals surface area contributed by atoms with Gasteiger partial charge in [-0.1, -0.05) is 12.8 Å². The maximum atomic E-state index is 11.1. The van der Waals surface area contributed by atoms with E-state index in [4.69, 9.17) is 4.98 Å². The standard InChI is InChI=1S/C18H17N3O/c22-12-14-5-6-16-17(10-14)21(9-7-13-3-4-13)18(20-16)15-2-1-8-19-11-15/h1-2,5-6,8,10-13H,3-4,7,9H2. The molecule has 3 aromatic rings. The Balaban J connectivity index is 1.85. The number of carbonyl (C=O) groups excluding carboxylic acids is 1. The molecule has 1 fully saturated rings. The van der Waals surface area contributed by atoms with Crippen molar-refractivity contribution in [2.24, 2.45) is 5.92 Å². The Kier molecular flexibility index (Phi) is 3.22. The van der Waals surface area contributed by atoms with Crippen molar-refractivity contribution >= 4 is 17.3 Å². The minimum Gasteiger partial charge on any atom is -0.324 e. The van der Waals surface area contributed by atoms with E-state index < -0.39 is 0 Å². The second-order valence-corrected chi connectivity index (χ2v) is 5.93. The summed E-state index contributed by atoms with van der Waals surface area (Å²) in [5, 5.41) is 0. The number of aldehydes is 1. The average Bonchev–Trinajstić information content (AvgIpc) is 3.33. The molecule has 0 radical (unpaired) electrons. The summed E-state index contributed by atoms with van der Waals surface area (Å²) < 4.78 is 2.23. The van der Waals surface area contributed by atoms with Crippen LogP contribution in [0.25, 0.3) is 22.4 Å². The van der Waals surface area contributed by atoms with E-state index in [9.17, 15) is 4.79 Å². The molecule has 1 aliphatic carbocycles. The maximum absolute atomic E-state index is 11.1. The van der Waals surface area contributed by atoms with Gasteiger partial charge < -0.3 is 4.57 Å². The third-order valence-corrected chi connectivity index (χ3v) is 4.29. The number of rotatable bonds is 5. The van der Waals surface area contributed by atoms with E-state index in [0.717, 1.165) is 41.2 Å². The van der Waals surface area contributed by atoms with Gasteiger partial charge in [0.15, 0.2) is 0 Å². The van der Waals surface area contributed by atoms with Gasteiger partial charge in [-0.25, -0.2) is 4.98 Å². The van der Waals surface area contributed by atoms with Crippen LogP contribution < -0.4 is 0 Å². The topological polar surface area (TPSA) is 47.8 Å². The zero-order valence-corrected chi connectivity index (χ0v) is 12.3. The summed E-state index contributed by atoms with van der Waals surface area (Å²) in [7, 11) is 0. The SMILES string of the molecule is O=Cc1ccc2nc(-c3cccnc3)n(CCC3CC3)c2c1.